The maximum atomic E-state index is 13.3. The van der Waals surface area contributed by atoms with Crippen LogP contribution in [0.2, 0.25) is 0 Å². The van der Waals surface area contributed by atoms with Crippen molar-refractivity contribution in [1.29, 1.82) is 5.26 Å². The Morgan fingerprint density at radius 2 is 1.88 bits per heavy atom. The van der Waals surface area contributed by atoms with E-state index in [0.717, 1.165) is 13.8 Å². The highest BCUT2D eigenvalue weighted by molar-refractivity contribution is 5.75. The van der Waals surface area contributed by atoms with Gasteiger partial charge >= 0.3 is 12.1 Å². The molecular formula is C17H17F3N4O2. The molecule has 26 heavy (non-hydrogen) atoms. The second-order valence-corrected chi connectivity index (χ2v) is 6.14. The molecule has 6 nitrogen and oxygen atoms in total. The molecule has 9 heteroatoms. The Bertz CT molecular complexity index is 862. The third-order valence-corrected chi connectivity index (χ3v) is 4.06. The molecule has 0 unspecified atom stereocenters. The summed E-state index contributed by atoms with van der Waals surface area (Å²) < 4.78 is 45.1. The molecule has 1 heterocycles. The average molecular weight is 366 g/mol. The van der Waals surface area contributed by atoms with Gasteiger partial charge in [-0.25, -0.2) is 4.68 Å². The number of rotatable bonds is 4. The van der Waals surface area contributed by atoms with Gasteiger partial charge in [0.05, 0.1) is 13.5 Å². The van der Waals surface area contributed by atoms with E-state index >= 15 is 0 Å². The van der Waals surface area contributed by atoms with Gasteiger partial charge < -0.3 is 10.5 Å². The second-order valence-electron chi connectivity index (χ2n) is 6.14. The first kappa shape index (κ1) is 19.3. The minimum absolute atomic E-state index is 0.0481. The highest BCUT2D eigenvalue weighted by Gasteiger charge is 2.51. The van der Waals surface area contributed by atoms with Crippen LogP contribution in [0.5, 0.6) is 0 Å². The van der Waals surface area contributed by atoms with Crippen molar-refractivity contribution in [2.45, 2.75) is 32.0 Å². The molecule has 1 aromatic carbocycles. The van der Waals surface area contributed by atoms with Crippen LogP contribution >= 0.6 is 0 Å². The van der Waals surface area contributed by atoms with Gasteiger partial charge in [0.15, 0.2) is 5.54 Å². The number of esters is 1. The van der Waals surface area contributed by atoms with Crippen molar-refractivity contribution in [3.63, 3.8) is 0 Å². The van der Waals surface area contributed by atoms with Crippen LogP contribution in [-0.2, 0) is 21.5 Å². The number of hydrogen-bond acceptors (Lipinski definition) is 5. The fourth-order valence-electron chi connectivity index (χ4n) is 2.31. The molecule has 0 bridgehead atoms. The largest absolute Gasteiger partial charge is 0.469 e. The smallest absolute Gasteiger partial charge is 0.413 e. The van der Waals surface area contributed by atoms with Crippen molar-refractivity contribution in [3.05, 3.63) is 35.4 Å². The lowest BCUT2D eigenvalue weighted by Crippen LogP contribution is -2.43. The van der Waals surface area contributed by atoms with Crippen LogP contribution in [-0.4, -0.2) is 29.0 Å². The Labute approximate surface area is 148 Å². The van der Waals surface area contributed by atoms with Crippen molar-refractivity contribution >= 4 is 11.8 Å². The first-order valence-electron chi connectivity index (χ1n) is 7.55. The molecule has 2 aromatic rings. The minimum atomic E-state index is -4.61. The summed E-state index contributed by atoms with van der Waals surface area (Å²) in [7, 11) is 1.27. The zero-order valence-electron chi connectivity index (χ0n) is 14.4. The van der Waals surface area contributed by atoms with E-state index in [0.29, 0.717) is 15.8 Å². The van der Waals surface area contributed by atoms with E-state index in [1.807, 2.05) is 6.07 Å². The minimum Gasteiger partial charge on any atom is -0.469 e. The molecule has 2 rings (SSSR count). The number of anilines is 1. The molecule has 0 fully saturated rings. The molecule has 1 aromatic heterocycles. The van der Waals surface area contributed by atoms with Gasteiger partial charge in [0.2, 0.25) is 0 Å². The summed E-state index contributed by atoms with van der Waals surface area (Å²) in [6, 6.07) is 8.15. The molecule has 0 aliphatic carbocycles. The number of benzene rings is 1. The fourth-order valence-corrected chi connectivity index (χ4v) is 2.31. The van der Waals surface area contributed by atoms with Crippen molar-refractivity contribution in [1.82, 2.24) is 9.78 Å². The number of alkyl halides is 3. The predicted octanol–water partition coefficient (Wildman–Crippen LogP) is 3.02. The maximum absolute atomic E-state index is 13.3. The van der Waals surface area contributed by atoms with Gasteiger partial charge in [0, 0.05) is 5.56 Å². The van der Waals surface area contributed by atoms with E-state index in [9.17, 15) is 23.2 Å². The van der Waals surface area contributed by atoms with Crippen molar-refractivity contribution in [3.8, 4) is 17.3 Å². The van der Waals surface area contributed by atoms with Crippen LogP contribution in [0.25, 0.3) is 11.3 Å². The Balaban J connectivity index is 2.50. The summed E-state index contributed by atoms with van der Waals surface area (Å²) >= 11 is 0. The van der Waals surface area contributed by atoms with E-state index in [1.165, 1.54) is 7.11 Å². The Morgan fingerprint density at radius 1 is 1.31 bits per heavy atom. The number of carbonyl (C=O) groups is 1. The van der Waals surface area contributed by atoms with E-state index < -0.39 is 17.7 Å². The molecule has 0 saturated carbocycles. The standard InChI is InChI=1S/C17H17F3N4O2/c1-16(2,17(18,19)20)24-15(22)12(9-21)14(23-24)11-6-4-10(5-7-11)8-13(25)26-3/h4-7H,8,22H2,1-3H3. The number of nitriles is 1. The summed E-state index contributed by atoms with van der Waals surface area (Å²) in [5.74, 6) is -0.778. The van der Waals surface area contributed by atoms with Gasteiger partial charge in [-0.1, -0.05) is 24.3 Å². The molecule has 2 N–H and O–H groups in total. The number of halogens is 3. The van der Waals surface area contributed by atoms with E-state index in [1.54, 1.807) is 24.3 Å². The molecule has 0 aliphatic rings. The molecule has 0 spiro atoms. The first-order valence-corrected chi connectivity index (χ1v) is 7.55. The summed E-state index contributed by atoms with van der Waals surface area (Å²) in [4.78, 5) is 11.3. The zero-order chi connectivity index (χ0) is 19.7. The molecule has 138 valence electrons. The van der Waals surface area contributed by atoms with Gasteiger partial charge in [-0.15, -0.1) is 0 Å². The average Bonchev–Trinajstić information content (AvgIpc) is 2.91. The summed E-state index contributed by atoms with van der Waals surface area (Å²) in [5, 5.41) is 13.3. The van der Waals surface area contributed by atoms with Crippen LogP contribution < -0.4 is 5.73 Å². The number of methoxy groups -OCH3 is 1. The summed E-state index contributed by atoms with van der Waals surface area (Å²) in [6.45, 7) is 1.86. The predicted molar refractivity (Wildman–Crippen MR) is 87.9 cm³/mol. The topological polar surface area (TPSA) is 93.9 Å². The first-order chi connectivity index (χ1) is 12.0. The Kier molecular flexibility index (Phi) is 4.98. The van der Waals surface area contributed by atoms with Crippen LogP contribution in [0.4, 0.5) is 19.0 Å². The Hall–Kier alpha value is -3.02. The van der Waals surface area contributed by atoms with Gasteiger partial charge in [-0.05, 0) is 19.4 Å². The van der Waals surface area contributed by atoms with Gasteiger partial charge in [-0.2, -0.15) is 23.5 Å². The summed E-state index contributed by atoms with van der Waals surface area (Å²) in [5.41, 5.74) is 4.36. The third kappa shape index (κ3) is 3.35. The Morgan fingerprint density at radius 3 is 2.35 bits per heavy atom. The lowest BCUT2D eigenvalue weighted by Gasteiger charge is -2.28. The number of nitrogen functional groups attached to an aromatic ring is 1. The van der Waals surface area contributed by atoms with Gasteiger partial charge in [-0.3, -0.25) is 4.79 Å². The van der Waals surface area contributed by atoms with Gasteiger partial charge in [0.1, 0.15) is 23.1 Å². The lowest BCUT2D eigenvalue weighted by molar-refractivity contribution is -0.205. The number of carbonyl (C=O) groups excluding carboxylic acids is 1. The third-order valence-electron chi connectivity index (χ3n) is 4.06. The number of aromatic nitrogens is 2. The van der Waals surface area contributed by atoms with Crippen LogP contribution in [0.15, 0.2) is 24.3 Å². The van der Waals surface area contributed by atoms with E-state index in [2.05, 4.69) is 9.84 Å². The highest BCUT2D eigenvalue weighted by atomic mass is 19.4. The van der Waals surface area contributed by atoms with Crippen LogP contribution in [0, 0.1) is 11.3 Å². The quantitative estimate of drug-likeness (QED) is 0.840. The normalized spacial score (nSPS) is 11.9. The van der Waals surface area contributed by atoms with Crippen molar-refractivity contribution in [2.75, 3.05) is 12.8 Å². The SMILES string of the molecule is COC(=O)Cc1ccc(-c2nn(C(C)(C)C(F)(F)F)c(N)c2C#N)cc1. The van der Waals surface area contributed by atoms with Crippen LogP contribution in [0.3, 0.4) is 0 Å². The van der Waals surface area contributed by atoms with Crippen LogP contribution in [0.1, 0.15) is 25.0 Å². The number of hydrogen-bond donors (Lipinski definition) is 1. The number of nitrogens with zero attached hydrogens (tertiary/aromatic N) is 3. The molecule has 0 amide bonds. The zero-order valence-corrected chi connectivity index (χ0v) is 14.4. The van der Waals surface area contributed by atoms with Gasteiger partial charge in [0.25, 0.3) is 0 Å². The lowest BCUT2D eigenvalue weighted by atomic mass is 10.0. The van der Waals surface area contributed by atoms with E-state index in [-0.39, 0.29) is 23.5 Å². The van der Waals surface area contributed by atoms with Crippen molar-refractivity contribution < 1.29 is 22.7 Å². The monoisotopic (exact) mass is 366 g/mol. The molecule has 0 saturated heterocycles. The highest BCUT2D eigenvalue weighted by Crippen LogP contribution is 2.39. The molecule has 0 aliphatic heterocycles. The number of ether oxygens (including phenoxy) is 1. The molecular weight excluding hydrogens is 349 g/mol. The molecule has 0 atom stereocenters. The summed E-state index contributed by atoms with van der Waals surface area (Å²) in [6.07, 6.45) is -4.55. The van der Waals surface area contributed by atoms with Crippen molar-refractivity contribution in [2.24, 2.45) is 0 Å². The maximum Gasteiger partial charge on any atom is 0.413 e. The number of nitrogens with two attached hydrogens (primary N) is 1. The fraction of sp³-hybridized carbons (Fsp3) is 0.353. The molecule has 0 radical (unpaired) electrons. The van der Waals surface area contributed by atoms with E-state index in [4.69, 9.17) is 5.73 Å². The second kappa shape index (κ2) is 6.71.